The van der Waals surface area contributed by atoms with Crippen LogP contribution >= 0.6 is 0 Å². The summed E-state index contributed by atoms with van der Waals surface area (Å²) in [5, 5.41) is 14.4. The van der Waals surface area contributed by atoms with Gasteiger partial charge in [0.25, 0.3) is 0 Å². The summed E-state index contributed by atoms with van der Waals surface area (Å²) in [6, 6.07) is 0. The van der Waals surface area contributed by atoms with Crippen molar-refractivity contribution in [3.05, 3.63) is 17.5 Å². The van der Waals surface area contributed by atoms with Crippen molar-refractivity contribution in [1.29, 1.82) is 0 Å². The summed E-state index contributed by atoms with van der Waals surface area (Å²) in [5.41, 5.74) is 2.02. The van der Waals surface area contributed by atoms with Gasteiger partial charge in [-0.15, -0.1) is 0 Å². The number of aromatic nitrogens is 2. The van der Waals surface area contributed by atoms with Crippen LogP contribution in [0.5, 0.6) is 0 Å². The van der Waals surface area contributed by atoms with Crippen LogP contribution in [0.3, 0.4) is 0 Å². The molecule has 1 heterocycles. The number of aliphatic hydroxyl groups excluding tert-OH is 1. The highest BCUT2D eigenvalue weighted by molar-refractivity contribution is 5.19. The predicted molar refractivity (Wildman–Crippen MR) is 61.6 cm³/mol. The van der Waals surface area contributed by atoms with E-state index in [-0.39, 0.29) is 6.10 Å². The summed E-state index contributed by atoms with van der Waals surface area (Å²) in [6.45, 7) is 6.40. The molecule has 0 aromatic carbocycles. The van der Waals surface area contributed by atoms with Crippen molar-refractivity contribution in [3.63, 3.8) is 0 Å². The molecule has 0 saturated heterocycles. The zero-order valence-corrected chi connectivity index (χ0v) is 10.2. The quantitative estimate of drug-likeness (QED) is 0.810. The second-order valence-corrected chi connectivity index (χ2v) is 4.32. The topological polar surface area (TPSA) is 38.0 Å². The molecule has 15 heavy (non-hydrogen) atoms. The van der Waals surface area contributed by atoms with Gasteiger partial charge in [0.2, 0.25) is 0 Å². The lowest BCUT2D eigenvalue weighted by atomic mass is 9.96. The maximum Gasteiger partial charge on any atom is 0.0825 e. The van der Waals surface area contributed by atoms with Gasteiger partial charge in [-0.3, -0.25) is 4.68 Å². The Hall–Kier alpha value is -0.830. The SMILES string of the molecule is CCc1nn(C)cc1C(O)CC(C)CC. The van der Waals surface area contributed by atoms with E-state index in [1.807, 2.05) is 13.2 Å². The largest absolute Gasteiger partial charge is 0.388 e. The van der Waals surface area contributed by atoms with E-state index in [4.69, 9.17) is 0 Å². The third-order valence-corrected chi connectivity index (χ3v) is 2.95. The van der Waals surface area contributed by atoms with Crippen LogP contribution in [0.15, 0.2) is 6.20 Å². The lowest BCUT2D eigenvalue weighted by molar-refractivity contribution is 0.145. The average molecular weight is 210 g/mol. The number of nitrogens with zero attached hydrogens (tertiary/aromatic N) is 2. The minimum Gasteiger partial charge on any atom is -0.388 e. The predicted octanol–water partition coefficient (Wildman–Crippen LogP) is 2.45. The van der Waals surface area contributed by atoms with Crippen LogP contribution in [0.1, 0.15) is 51.0 Å². The molecule has 1 aromatic heterocycles. The molecule has 2 atom stereocenters. The summed E-state index contributed by atoms with van der Waals surface area (Å²) >= 11 is 0. The second kappa shape index (κ2) is 5.31. The summed E-state index contributed by atoms with van der Waals surface area (Å²) < 4.78 is 1.79. The highest BCUT2D eigenvalue weighted by Gasteiger charge is 2.16. The number of hydrogen-bond acceptors (Lipinski definition) is 2. The highest BCUT2D eigenvalue weighted by Crippen LogP contribution is 2.25. The van der Waals surface area contributed by atoms with E-state index in [0.29, 0.717) is 5.92 Å². The van der Waals surface area contributed by atoms with Crippen molar-refractivity contribution in [1.82, 2.24) is 9.78 Å². The van der Waals surface area contributed by atoms with Crippen LogP contribution in [0.2, 0.25) is 0 Å². The molecule has 1 rings (SSSR count). The molecule has 0 amide bonds. The molecule has 3 nitrogen and oxygen atoms in total. The number of hydrogen-bond donors (Lipinski definition) is 1. The van der Waals surface area contributed by atoms with E-state index in [2.05, 4.69) is 25.9 Å². The highest BCUT2D eigenvalue weighted by atomic mass is 16.3. The van der Waals surface area contributed by atoms with Gasteiger partial charge in [0.15, 0.2) is 0 Å². The van der Waals surface area contributed by atoms with Crippen LogP contribution in [-0.4, -0.2) is 14.9 Å². The number of aliphatic hydroxyl groups is 1. The fourth-order valence-electron chi connectivity index (χ4n) is 1.78. The molecule has 86 valence electrons. The minimum atomic E-state index is -0.358. The standard InChI is InChI=1S/C12H22N2O/c1-5-9(3)7-12(15)10-8-14(4)13-11(10)6-2/h8-9,12,15H,5-7H2,1-4H3. The molecule has 3 heteroatoms. The Balaban J connectivity index is 2.75. The number of rotatable bonds is 5. The van der Waals surface area contributed by atoms with E-state index >= 15 is 0 Å². The van der Waals surface area contributed by atoms with Crippen molar-refractivity contribution in [3.8, 4) is 0 Å². The van der Waals surface area contributed by atoms with Crippen LogP contribution in [0.25, 0.3) is 0 Å². The Morgan fingerprint density at radius 3 is 2.67 bits per heavy atom. The zero-order chi connectivity index (χ0) is 11.4. The smallest absolute Gasteiger partial charge is 0.0825 e. The molecular weight excluding hydrogens is 188 g/mol. The van der Waals surface area contributed by atoms with E-state index in [1.165, 1.54) is 0 Å². The molecule has 0 spiro atoms. The lowest BCUT2D eigenvalue weighted by Gasteiger charge is -2.14. The Labute approximate surface area is 92.1 Å². The van der Waals surface area contributed by atoms with Crippen molar-refractivity contribution in [2.45, 2.75) is 46.1 Å². The number of aryl methyl sites for hydroxylation is 2. The first-order chi connectivity index (χ1) is 7.08. The van der Waals surface area contributed by atoms with Crippen LogP contribution in [0.4, 0.5) is 0 Å². The molecule has 0 aliphatic rings. The average Bonchev–Trinajstić information content (AvgIpc) is 2.59. The van der Waals surface area contributed by atoms with Gasteiger partial charge in [-0.1, -0.05) is 27.2 Å². The maximum absolute atomic E-state index is 10.1. The van der Waals surface area contributed by atoms with E-state index in [1.54, 1.807) is 4.68 Å². The van der Waals surface area contributed by atoms with Crippen LogP contribution in [-0.2, 0) is 13.5 Å². The molecule has 0 saturated carbocycles. The van der Waals surface area contributed by atoms with Gasteiger partial charge in [0.1, 0.15) is 0 Å². The van der Waals surface area contributed by atoms with Gasteiger partial charge < -0.3 is 5.11 Å². The summed E-state index contributed by atoms with van der Waals surface area (Å²) in [6.07, 6.45) is 4.40. The molecule has 0 bridgehead atoms. The van der Waals surface area contributed by atoms with Crippen molar-refractivity contribution in [2.75, 3.05) is 0 Å². The Bertz CT molecular complexity index is 307. The first-order valence-electron chi connectivity index (χ1n) is 5.78. The van der Waals surface area contributed by atoms with E-state index in [0.717, 1.165) is 30.5 Å². The Morgan fingerprint density at radius 1 is 1.47 bits per heavy atom. The van der Waals surface area contributed by atoms with E-state index in [9.17, 15) is 5.11 Å². The summed E-state index contributed by atoms with van der Waals surface area (Å²) in [7, 11) is 1.90. The molecule has 0 radical (unpaired) electrons. The van der Waals surface area contributed by atoms with Crippen molar-refractivity contribution < 1.29 is 5.11 Å². The van der Waals surface area contributed by atoms with Crippen molar-refractivity contribution in [2.24, 2.45) is 13.0 Å². The first-order valence-corrected chi connectivity index (χ1v) is 5.78. The Kier molecular flexibility index (Phi) is 4.33. The molecule has 0 aliphatic heterocycles. The molecule has 0 fully saturated rings. The van der Waals surface area contributed by atoms with Gasteiger partial charge >= 0.3 is 0 Å². The second-order valence-electron chi connectivity index (χ2n) is 4.32. The van der Waals surface area contributed by atoms with Crippen molar-refractivity contribution >= 4 is 0 Å². The molecule has 1 aromatic rings. The van der Waals surface area contributed by atoms with Gasteiger partial charge in [-0.05, 0) is 18.8 Å². The summed E-state index contributed by atoms with van der Waals surface area (Å²) in [5.74, 6) is 0.560. The van der Waals surface area contributed by atoms with Gasteiger partial charge in [-0.2, -0.15) is 5.10 Å². The Morgan fingerprint density at radius 2 is 2.13 bits per heavy atom. The zero-order valence-electron chi connectivity index (χ0n) is 10.2. The molecular formula is C12H22N2O. The molecule has 1 N–H and O–H groups in total. The summed E-state index contributed by atoms with van der Waals surface area (Å²) in [4.78, 5) is 0. The third kappa shape index (κ3) is 3.06. The third-order valence-electron chi connectivity index (χ3n) is 2.95. The van der Waals surface area contributed by atoms with Gasteiger partial charge in [0, 0.05) is 18.8 Å². The minimum absolute atomic E-state index is 0.358. The molecule has 2 unspecified atom stereocenters. The first kappa shape index (κ1) is 12.2. The lowest BCUT2D eigenvalue weighted by Crippen LogP contribution is -2.05. The van der Waals surface area contributed by atoms with Gasteiger partial charge in [0.05, 0.1) is 11.8 Å². The fraction of sp³-hybridized carbons (Fsp3) is 0.750. The molecule has 0 aliphatic carbocycles. The van der Waals surface area contributed by atoms with Crippen LogP contribution < -0.4 is 0 Å². The maximum atomic E-state index is 10.1. The van der Waals surface area contributed by atoms with Crippen LogP contribution in [0, 0.1) is 5.92 Å². The normalized spacial score (nSPS) is 15.3. The monoisotopic (exact) mass is 210 g/mol. The van der Waals surface area contributed by atoms with Gasteiger partial charge in [-0.25, -0.2) is 0 Å². The van der Waals surface area contributed by atoms with E-state index < -0.39 is 0 Å². The fourth-order valence-corrected chi connectivity index (χ4v) is 1.78.